The van der Waals surface area contributed by atoms with E-state index in [4.69, 9.17) is 29.0 Å². The minimum absolute atomic E-state index is 0.0448. The average Bonchev–Trinajstić information content (AvgIpc) is 2.82. The Morgan fingerprint density at radius 3 is 2.65 bits per heavy atom. The van der Waals surface area contributed by atoms with E-state index in [1.165, 1.54) is 4.88 Å². The summed E-state index contributed by atoms with van der Waals surface area (Å²) < 4.78 is 0. The minimum atomic E-state index is 0.0448. The Labute approximate surface area is 114 Å². The predicted molar refractivity (Wildman–Crippen MR) is 74.5 cm³/mol. The van der Waals surface area contributed by atoms with E-state index < -0.39 is 0 Å². The maximum Gasteiger partial charge on any atom is 0.0595 e. The highest BCUT2D eigenvalue weighted by Gasteiger charge is 2.12. The number of nitrogens with two attached hydrogens (primary N) is 1. The quantitative estimate of drug-likeness (QED) is 0.663. The van der Waals surface area contributed by atoms with Gasteiger partial charge < -0.3 is 0 Å². The summed E-state index contributed by atoms with van der Waals surface area (Å²) in [7, 11) is 0. The Balaban J connectivity index is 2.20. The molecule has 2 rings (SSSR count). The number of hydrogen-bond donors (Lipinski definition) is 2. The molecule has 17 heavy (non-hydrogen) atoms. The van der Waals surface area contributed by atoms with Crippen LogP contribution in [-0.2, 0) is 6.42 Å². The second kappa shape index (κ2) is 5.85. The molecule has 90 valence electrons. The molecule has 2 nitrogen and oxygen atoms in total. The first-order valence-corrected chi connectivity index (χ1v) is 6.77. The van der Waals surface area contributed by atoms with Crippen molar-refractivity contribution in [3.63, 3.8) is 0 Å². The molecule has 1 aromatic heterocycles. The Hall–Kier alpha value is -0.580. The van der Waals surface area contributed by atoms with E-state index in [1.807, 2.05) is 18.2 Å². The van der Waals surface area contributed by atoms with Crippen molar-refractivity contribution < 1.29 is 0 Å². The Morgan fingerprint density at radius 1 is 1.24 bits per heavy atom. The molecule has 5 heteroatoms. The highest BCUT2D eigenvalue weighted by molar-refractivity contribution is 7.09. The second-order valence-electron chi connectivity index (χ2n) is 3.68. The molecule has 0 amide bonds. The minimum Gasteiger partial charge on any atom is -0.271 e. The first kappa shape index (κ1) is 12.9. The van der Waals surface area contributed by atoms with E-state index in [-0.39, 0.29) is 6.04 Å². The summed E-state index contributed by atoms with van der Waals surface area (Å²) in [6.07, 6.45) is 0.839. The normalized spacial score (nSPS) is 12.6. The van der Waals surface area contributed by atoms with Crippen LogP contribution in [0.1, 0.15) is 16.5 Å². The SMILES string of the molecule is NNC(Cc1cccs1)c1ccc(Cl)c(Cl)c1. The molecule has 0 aliphatic rings. The summed E-state index contributed by atoms with van der Waals surface area (Å²) in [5.74, 6) is 5.59. The van der Waals surface area contributed by atoms with Crippen LogP contribution < -0.4 is 11.3 Å². The maximum absolute atomic E-state index is 6.00. The first-order valence-electron chi connectivity index (χ1n) is 5.14. The molecule has 0 saturated carbocycles. The van der Waals surface area contributed by atoms with Crippen LogP contribution in [-0.4, -0.2) is 0 Å². The standard InChI is InChI=1S/C12H12Cl2N2S/c13-10-4-3-8(6-11(10)14)12(16-15)7-9-2-1-5-17-9/h1-6,12,16H,7,15H2. The largest absolute Gasteiger partial charge is 0.271 e. The number of nitrogens with one attached hydrogen (secondary N) is 1. The third-order valence-corrected chi connectivity index (χ3v) is 4.17. The van der Waals surface area contributed by atoms with E-state index in [2.05, 4.69) is 16.9 Å². The molecule has 0 saturated heterocycles. The lowest BCUT2D eigenvalue weighted by atomic mass is 10.0. The summed E-state index contributed by atoms with van der Waals surface area (Å²) in [5, 5.41) is 3.16. The molecule has 0 aliphatic carbocycles. The topological polar surface area (TPSA) is 38.0 Å². The van der Waals surface area contributed by atoms with Gasteiger partial charge in [0.1, 0.15) is 0 Å². The molecule has 1 atom stereocenters. The third kappa shape index (κ3) is 3.21. The maximum atomic E-state index is 6.00. The monoisotopic (exact) mass is 286 g/mol. The van der Waals surface area contributed by atoms with Crippen molar-refractivity contribution >= 4 is 34.5 Å². The summed E-state index contributed by atoms with van der Waals surface area (Å²) in [6.45, 7) is 0. The molecule has 0 radical (unpaired) electrons. The van der Waals surface area contributed by atoms with Crippen molar-refractivity contribution in [1.82, 2.24) is 5.43 Å². The number of halogens is 2. The number of hydrogen-bond acceptors (Lipinski definition) is 3. The van der Waals surface area contributed by atoms with E-state index in [9.17, 15) is 0 Å². The van der Waals surface area contributed by atoms with Crippen LogP contribution in [0.2, 0.25) is 10.0 Å². The van der Waals surface area contributed by atoms with Crippen molar-refractivity contribution in [2.75, 3.05) is 0 Å². The number of hydrazine groups is 1. The van der Waals surface area contributed by atoms with Gasteiger partial charge in [-0.3, -0.25) is 11.3 Å². The molecule has 0 spiro atoms. The van der Waals surface area contributed by atoms with Gasteiger partial charge in [-0.15, -0.1) is 11.3 Å². The van der Waals surface area contributed by atoms with Gasteiger partial charge in [0, 0.05) is 11.3 Å². The number of benzene rings is 1. The van der Waals surface area contributed by atoms with Gasteiger partial charge in [0.2, 0.25) is 0 Å². The highest BCUT2D eigenvalue weighted by atomic mass is 35.5. The Bertz CT molecular complexity index is 485. The highest BCUT2D eigenvalue weighted by Crippen LogP contribution is 2.27. The van der Waals surface area contributed by atoms with Crippen molar-refractivity contribution in [1.29, 1.82) is 0 Å². The lowest BCUT2D eigenvalue weighted by molar-refractivity contribution is 0.555. The summed E-state index contributed by atoms with van der Waals surface area (Å²) >= 11 is 13.6. The van der Waals surface area contributed by atoms with E-state index in [0.717, 1.165) is 12.0 Å². The summed E-state index contributed by atoms with van der Waals surface area (Å²) in [6, 6.07) is 9.74. The molecule has 1 aromatic carbocycles. The molecule has 3 N–H and O–H groups in total. The fraction of sp³-hybridized carbons (Fsp3) is 0.167. The van der Waals surface area contributed by atoms with Gasteiger partial charge in [-0.25, -0.2) is 0 Å². The van der Waals surface area contributed by atoms with Gasteiger partial charge in [-0.05, 0) is 29.1 Å². The molecule has 0 bridgehead atoms. The second-order valence-corrected chi connectivity index (χ2v) is 5.52. The average molecular weight is 287 g/mol. The molecule has 0 aliphatic heterocycles. The first-order chi connectivity index (χ1) is 8.20. The van der Waals surface area contributed by atoms with Crippen LogP contribution >= 0.6 is 34.5 Å². The molecular formula is C12H12Cl2N2S. The van der Waals surface area contributed by atoms with E-state index in [1.54, 1.807) is 17.4 Å². The van der Waals surface area contributed by atoms with Gasteiger partial charge >= 0.3 is 0 Å². The molecular weight excluding hydrogens is 275 g/mol. The van der Waals surface area contributed by atoms with E-state index >= 15 is 0 Å². The fourth-order valence-corrected chi connectivity index (χ4v) is 2.69. The molecule has 0 fully saturated rings. The van der Waals surface area contributed by atoms with Gasteiger partial charge in [0.05, 0.1) is 16.1 Å². The zero-order valence-electron chi connectivity index (χ0n) is 8.99. The Kier molecular flexibility index (Phi) is 4.42. The lowest BCUT2D eigenvalue weighted by Gasteiger charge is -2.16. The van der Waals surface area contributed by atoms with Crippen LogP contribution in [0.15, 0.2) is 35.7 Å². The summed E-state index contributed by atoms with van der Waals surface area (Å²) in [4.78, 5) is 1.28. The van der Waals surface area contributed by atoms with Crippen LogP contribution in [0.4, 0.5) is 0 Å². The van der Waals surface area contributed by atoms with Gasteiger partial charge in [0.15, 0.2) is 0 Å². The molecule has 2 aromatic rings. The van der Waals surface area contributed by atoms with Gasteiger partial charge in [0.25, 0.3) is 0 Å². The van der Waals surface area contributed by atoms with Crippen molar-refractivity contribution in [2.24, 2.45) is 5.84 Å². The Morgan fingerprint density at radius 2 is 2.06 bits per heavy atom. The van der Waals surface area contributed by atoms with Crippen molar-refractivity contribution in [2.45, 2.75) is 12.5 Å². The number of thiophene rings is 1. The zero-order valence-corrected chi connectivity index (χ0v) is 11.3. The van der Waals surface area contributed by atoms with Crippen LogP contribution in [0.25, 0.3) is 0 Å². The fourth-order valence-electron chi connectivity index (χ4n) is 1.63. The van der Waals surface area contributed by atoms with Crippen molar-refractivity contribution in [3.05, 3.63) is 56.2 Å². The van der Waals surface area contributed by atoms with Gasteiger partial charge in [-0.2, -0.15) is 0 Å². The van der Waals surface area contributed by atoms with E-state index in [0.29, 0.717) is 10.0 Å². The molecule has 1 unspecified atom stereocenters. The smallest absolute Gasteiger partial charge is 0.0595 e. The van der Waals surface area contributed by atoms with Crippen molar-refractivity contribution in [3.8, 4) is 0 Å². The number of rotatable bonds is 4. The summed E-state index contributed by atoms with van der Waals surface area (Å²) in [5.41, 5.74) is 3.85. The van der Waals surface area contributed by atoms with Crippen LogP contribution in [0.3, 0.4) is 0 Å². The van der Waals surface area contributed by atoms with Gasteiger partial charge in [-0.1, -0.05) is 35.3 Å². The van der Waals surface area contributed by atoms with Crippen LogP contribution in [0, 0.1) is 0 Å². The van der Waals surface area contributed by atoms with Crippen LogP contribution in [0.5, 0.6) is 0 Å². The molecule has 1 heterocycles. The predicted octanol–water partition coefficient (Wildman–Crippen LogP) is 3.80. The lowest BCUT2D eigenvalue weighted by Crippen LogP contribution is -2.29. The zero-order chi connectivity index (χ0) is 12.3. The third-order valence-electron chi connectivity index (χ3n) is 2.53.